The molecule has 6 heteroatoms. The molecule has 0 nitrogen and oxygen atoms in total. The van der Waals surface area contributed by atoms with E-state index in [0.29, 0.717) is 11.8 Å². The third-order valence-electron chi connectivity index (χ3n) is 6.93. The van der Waals surface area contributed by atoms with Crippen molar-refractivity contribution < 1.29 is 56.6 Å². The van der Waals surface area contributed by atoms with Gasteiger partial charge >= 0.3 is 99.5 Å². The molecule has 2 aliphatic carbocycles. The summed E-state index contributed by atoms with van der Waals surface area (Å²) in [6, 6.07) is 35.2. The summed E-state index contributed by atoms with van der Waals surface area (Å²) in [6.07, 6.45) is 10.8. The molecule has 0 aliphatic heterocycles. The maximum absolute atomic E-state index is 13.0. The van der Waals surface area contributed by atoms with E-state index in [4.69, 9.17) is 0 Å². The van der Waals surface area contributed by atoms with E-state index in [0.717, 1.165) is 33.4 Å². The molecule has 6 rings (SSSR count). The van der Waals surface area contributed by atoms with E-state index < -0.39 is 5.49 Å². The molecule has 0 heterocycles. The van der Waals surface area contributed by atoms with Crippen LogP contribution in [0.15, 0.2) is 132 Å². The zero-order chi connectivity index (χ0) is 30.1. The quantitative estimate of drug-likeness (QED) is 0.220. The van der Waals surface area contributed by atoms with Gasteiger partial charge in [-0.1, -0.05) is 74.9 Å². The summed E-state index contributed by atoms with van der Waals surface area (Å²) in [5.41, 5.74) is 5.93. The minimum absolute atomic E-state index is 0. The van der Waals surface area contributed by atoms with Crippen molar-refractivity contribution in [1.82, 2.24) is 0 Å². The van der Waals surface area contributed by atoms with Crippen molar-refractivity contribution in [2.75, 3.05) is 0 Å². The van der Waals surface area contributed by atoms with Crippen molar-refractivity contribution in [2.24, 2.45) is 11.8 Å². The first-order valence-corrected chi connectivity index (χ1v) is 21.0. The zero-order valence-corrected chi connectivity index (χ0v) is 31.3. The molecular formula is C38H34Cl2F2HfSi-2. The van der Waals surface area contributed by atoms with E-state index in [1.165, 1.54) is 45.5 Å². The van der Waals surface area contributed by atoms with Crippen LogP contribution < -0.4 is 35.2 Å². The topological polar surface area (TPSA) is 0 Å². The van der Waals surface area contributed by atoms with Gasteiger partial charge in [0.2, 0.25) is 0 Å². The number of rotatable bonds is 4. The SMILES string of the molecule is CC1=[C-]C(C)C=C1c1cccc(F)c1.CC1=[C-]C(C)C=C1c1cccc(F)c1.[Cl-].[Cl-].[Hf+2]=[Si](c1ccccc1)c1ccccc1. The number of halogens is 4. The first-order valence-electron chi connectivity index (χ1n) is 14.1. The van der Waals surface area contributed by atoms with Gasteiger partial charge in [-0.15, -0.1) is 0 Å². The Morgan fingerprint density at radius 1 is 0.568 bits per heavy atom. The van der Waals surface area contributed by atoms with Crippen LogP contribution in [0.3, 0.4) is 0 Å². The summed E-state index contributed by atoms with van der Waals surface area (Å²) in [4.78, 5) is 0. The molecule has 44 heavy (non-hydrogen) atoms. The summed E-state index contributed by atoms with van der Waals surface area (Å²) < 4.78 is 26.0. The molecule has 0 radical (unpaired) electrons. The van der Waals surface area contributed by atoms with Gasteiger partial charge in [0.15, 0.2) is 0 Å². The van der Waals surface area contributed by atoms with Crippen molar-refractivity contribution in [3.8, 4) is 0 Å². The fraction of sp³-hybridized carbons (Fsp3) is 0.158. The number of benzene rings is 4. The molecule has 2 aliphatic rings. The molecule has 0 saturated carbocycles. The summed E-state index contributed by atoms with van der Waals surface area (Å²) in [7, 11) is 0. The van der Waals surface area contributed by atoms with Gasteiger partial charge in [-0.05, 0) is 24.3 Å². The second kappa shape index (κ2) is 18.4. The molecule has 0 spiro atoms. The molecule has 2 atom stereocenters. The van der Waals surface area contributed by atoms with Gasteiger partial charge in [0.1, 0.15) is 11.6 Å². The Morgan fingerprint density at radius 2 is 0.932 bits per heavy atom. The number of allylic oxidation sites excluding steroid dienone is 8. The van der Waals surface area contributed by atoms with Gasteiger partial charge in [-0.3, -0.25) is 12.2 Å². The van der Waals surface area contributed by atoms with Gasteiger partial charge in [0.25, 0.3) is 0 Å². The van der Waals surface area contributed by atoms with Crippen LogP contribution in [0.4, 0.5) is 8.78 Å². The van der Waals surface area contributed by atoms with Crippen molar-refractivity contribution in [3.05, 3.63) is 167 Å². The van der Waals surface area contributed by atoms with Gasteiger partial charge in [0.05, 0.1) is 0 Å². The molecule has 2 unspecified atom stereocenters. The van der Waals surface area contributed by atoms with E-state index in [1.807, 2.05) is 26.0 Å². The molecule has 4 aromatic rings. The van der Waals surface area contributed by atoms with Crippen LogP contribution in [-0.4, -0.2) is 5.49 Å². The molecule has 0 saturated heterocycles. The summed E-state index contributed by atoms with van der Waals surface area (Å²) in [5.74, 6) is 0.313. The maximum atomic E-state index is 13.0. The molecule has 224 valence electrons. The molecule has 0 amide bonds. The van der Waals surface area contributed by atoms with Crippen molar-refractivity contribution in [3.63, 3.8) is 0 Å². The molecule has 0 fully saturated rings. The van der Waals surface area contributed by atoms with Crippen LogP contribution in [0.5, 0.6) is 0 Å². The first kappa shape index (κ1) is 37.6. The Labute approximate surface area is 288 Å². The van der Waals surface area contributed by atoms with Crippen molar-refractivity contribution >= 4 is 27.0 Å². The fourth-order valence-corrected chi connectivity index (χ4v) is 9.96. The van der Waals surface area contributed by atoms with E-state index in [-0.39, 0.29) is 36.4 Å². The summed E-state index contributed by atoms with van der Waals surface area (Å²) >= 11 is 1.27. The Morgan fingerprint density at radius 3 is 1.23 bits per heavy atom. The van der Waals surface area contributed by atoms with Gasteiger partial charge < -0.3 is 24.8 Å². The second-order valence-electron chi connectivity index (χ2n) is 10.4. The first-order chi connectivity index (χ1) is 20.2. The summed E-state index contributed by atoms with van der Waals surface area (Å²) in [6.45, 7) is 8.19. The van der Waals surface area contributed by atoms with E-state index in [9.17, 15) is 8.78 Å². The van der Waals surface area contributed by atoms with Crippen LogP contribution in [0, 0.1) is 35.6 Å². The molecule has 0 N–H and O–H groups in total. The second-order valence-corrected chi connectivity index (χ2v) is 17.7. The zero-order valence-electron chi connectivity index (χ0n) is 25.2. The van der Waals surface area contributed by atoms with Crippen LogP contribution in [0.25, 0.3) is 11.1 Å². The molecule has 0 aromatic heterocycles. The Hall–Kier alpha value is -2.63. The minimum atomic E-state index is -0.406. The average molecular weight is 806 g/mol. The third-order valence-corrected chi connectivity index (χ3v) is 15.0. The predicted molar refractivity (Wildman–Crippen MR) is 170 cm³/mol. The van der Waals surface area contributed by atoms with Gasteiger partial charge in [-0.25, -0.2) is 19.9 Å². The van der Waals surface area contributed by atoms with Gasteiger partial charge in [-0.2, -0.15) is 23.3 Å². The van der Waals surface area contributed by atoms with Crippen LogP contribution >= 0.6 is 0 Å². The fourth-order valence-electron chi connectivity index (χ4n) is 4.99. The standard InChI is InChI=1S/2C13H12F.C12H10Si.2ClH.Hf/c2*1-9-6-10(2)13(7-9)11-4-3-5-12(14)8-11;1-3-7-11(8-4-1)13-12-9-5-2-6-10-12;;;/h2*3-5,7-9H,1-2H3;1-10H;2*1H;/q2*-1;;;;+2/p-2. The van der Waals surface area contributed by atoms with E-state index >= 15 is 0 Å². The molecule has 4 aromatic carbocycles. The predicted octanol–water partition coefficient (Wildman–Crippen LogP) is 2.56. The monoisotopic (exact) mass is 806 g/mol. The van der Waals surface area contributed by atoms with E-state index in [1.54, 1.807) is 24.3 Å². The van der Waals surface area contributed by atoms with Crippen LogP contribution in [-0.2, 0) is 23.0 Å². The number of hydrogen-bond donors (Lipinski definition) is 0. The third kappa shape index (κ3) is 10.8. The molecular weight excluding hydrogens is 772 g/mol. The van der Waals surface area contributed by atoms with Crippen molar-refractivity contribution in [1.29, 1.82) is 0 Å². The Balaban J connectivity index is 0.000000225. The van der Waals surface area contributed by atoms with Crippen LogP contribution in [0.2, 0.25) is 0 Å². The summed E-state index contributed by atoms with van der Waals surface area (Å²) in [5, 5.41) is 3.07. The normalized spacial score (nSPS) is 16.3. The number of hydrogen-bond acceptors (Lipinski definition) is 0. The average Bonchev–Trinajstić information content (AvgIpc) is 3.52. The van der Waals surface area contributed by atoms with Crippen LogP contribution in [0.1, 0.15) is 38.8 Å². The van der Waals surface area contributed by atoms with Gasteiger partial charge in [0, 0.05) is 0 Å². The van der Waals surface area contributed by atoms with Crippen molar-refractivity contribution in [2.45, 2.75) is 27.7 Å². The Bertz CT molecular complexity index is 1540. The van der Waals surface area contributed by atoms with E-state index in [2.05, 4.69) is 98.8 Å². The Kier molecular flexibility index (Phi) is 15.7. The molecule has 0 bridgehead atoms.